The first kappa shape index (κ1) is 10.1. The fraction of sp³-hybridized carbons (Fsp3) is 0. The second-order valence-electron chi connectivity index (χ2n) is 2.81. The van der Waals surface area contributed by atoms with Gasteiger partial charge in [-0.15, -0.1) is 11.3 Å². The Balaban J connectivity index is 2.57. The van der Waals surface area contributed by atoms with Gasteiger partial charge in [0.25, 0.3) is 0 Å². The van der Waals surface area contributed by atoms with Gasteiger partial charge in [-0.05, 0) is 24.3 Å². The lowest BCUT2D eigenvalue weighted by Crippen LogP contribution is -2.01. The molecule has 2 rings (SSSR count). The zero-order valence-electron chi connectivity index (χ0n) is 7.48. The SMILES string of the molecule is O=C(O)c1ncccc1-c1ccc(Cl)s1. The predicted octanol–water partition coefficient (Wildman–Crippen LogP) is 3.16. The molecule has 2 aromatic heterocycles. The number of pyridine rings is 1. The van der Waals surface area contributed by atoms with E-state index in [2.05, 4.69) is 4.98 Å². The maximum absolute atomic E-state index is 10.9. The Kier molecular flexibility index (Phi) is 2.70. The fourth-order valence-electron chi connectivity index (χ4n) is 1.23. The first-order valence-corrected chi connectivity index (χ1v) is 5.32. The Hall–Kier alpha value is -1.39. The zero-order valence-corrected chi connectivity index (χ0v) is 9.05. The molecule has 0 aliphatic carbocycles. The number of aromatic carboxylic acids is 1. The minimum Gasteiger partial charge on any atom is -0.476 e. The third-order valence-electron chi connectivity index (χ3n) is 1.85. The Morgan fingerprint density at radius 3 is 2.80 bits per heavy atom. The number of halogens is 1. The summed E-state index contributed by atoms with van der Waals surface area (Å²) >= 11 is 7.13. The summed E-state index contributed by atoms with van der Waals surface area (Å²) in [6, 6.07) is 6.95. The Labute approximate surface area is 95.0 Å². The molecule has 0 amide bonds. The number of hydrogen-bond donors (Lipinski definition) is 1. The number of aromatic nitrogens is 1. The van der Waals surface area contributed by atoms with E-state index in [1.807, 2.05) is 0 Å². The average Bonchev–Trinajstić information content (AvgIpc) is 2.65. The molecular formula is C10H6ClNO2S. The van der Waals surface area contributed by atoms with E-state index in [1.165, 1.54) is 17.5 Å². The molecule has 76 valence electrons. The van der Waals surface area contributed by atoms with Gasteiger partial charge in [0, 0.05) is 16.6 Å². The number of carboxylic acid groups (broad SMARTS) is 1. The lowest BCUT2D eigenvalue weighted by Gasteiger charge is -2.00. The molecular weight excluding hydrogens is 234 g/mol. The van der Waals surface area contributed by atoms with Gasteiger partial charge in [-0.25, -0.2) is 9.78 Å². The minimum absolute atomic E-state index is 0.0519. The Morgan fingerprint density at radius 2 is 2.20 bits per heavy atom. The summed E-state index contributed by atoms with van der Waals surface area (Å²) < 4.78 is 0.630. The normalized spacial score (nSPS) is 10.2. The molecule has 2 aromatic rings. The number of carbonyl (C=O) groups is 1. The van der Waals surface area contributed by atoms with Crippen molar-refractivity contribution in [2.45, 2.75) is 0 Å². The molecule has 3 nitrogen and oxygen atoms in total. The van der Waals surface area contributed by atoms with Crippen molar-refractivity contribution in [1.29, 1.82) is 0 Å². The summed E-state index contributed by atoms with van der Waals surface area (Å²) in [5, 5.41) is 8.94. The van der Waals surface area contributed by atoms with Gasteiger partial charge in [0.2, 0.25) is 0 Å². The molecule has 0 fully saturated rings. The molecule has 15 heavy (non-hydrogen) atoms. The van der Waals surface area contributed by atoms with Crippen molar-refractivity contribution in [1.82, 2.24) is 4.98 Å². The molecule has 0 aromatic carbocycles. The van der Waals surface area contributed by atoms with Crippen molar-refractivity contribution in [3.05, 3.63) is 40.5 Å². The summed E-state index contributed by atoms with van der Waals surface area (Å²) in [5.41, 5.74) is 0.651. The van der Waals surface area contributed by atoms with Crippen LogP contribution in [-0.4, -0.2) is 16.1 Å². The molecule has 0 saturated heterocycles. The van der Waals surface area contributed by atoms with Gasteiger partial charge in [-0.3, -0.25) is 0 Å². The molecule has 0 aliphatic rings. The summed E-state index contributed by atoms with van der Waals surface area (Å²) in [6.45, 7) is 0. The van der Waals surface area contributed by atoms with E-state index >= 15 is 0 Å². The van der Waals surface area contributed by atoms with E-state index in [4.69, 9.17) is 16.7 Å². The maximum atomic E-state index is 10.9. The van der Waals surface area contributed by atoms with E-state index in [1.54, 1.807) is 24.3 Å². The topological polar surface area (TPSA) is 50.2 Å². The molecule has 0 bridgehead atoms. The number of nitrogens with zero attached hydrogens (tertiary/aromatic N) is 1. The highest BCUT2D eigenvalue weighted by molar-refractivity contribution is 7.19. The third kappa shape index (κ3) is 2.00. The Morgan fingerprint density at radius 1 is 1.40 bits per heavy atom. The van der Waals surface area contributed by atoms with E-state index in [-0.39, 0.29) is 5.69 Å². The molecule has 0 spiro atoms. The summed E-state index contributed by atoms with van der Waals surface area (Å²) in [4.78, 5) is 15.5. The minimum atomic E-state index is -1.03. The van der Waals surface area contributed by atoms with Crippen molar-refractivity contribution < 1.29 is 9.90 Å². The van der Waals surface area contributed by atoms with Crippen molar-refractivity contribution in [2.24, 2.45) is 0 Å². The van der Waals surface area contributed by atoms with Gasteiger partial charge < -0.3 is 5.11 Å². The first-order chi connectivity index (χ1) is 7.18. The quantitative estimate of drug-likeness (QED) is 0.876. The fourth-order valence-corrected chi connectivity index (χ4v) is 2.30. The van der Waals surface area contributed by atoms with Crippen LogP contribution >= 0.6 is 22.9 Å². The molecule has 0 atom stereocenters. The van der Waals surface area contributed by atoms with Crippen LogP contribution in [0.1, 0.15) is 10.5 Å². The van der Waals surface area contributed by atoms with Crippen molar-refractivity contribution in [2.75, 3.05) is 0 Å². The van der Waals surface area contributed by atoms with Crippen LogP contribution in [0, 0.1) is 0 Å². The molecule has 5 heteroatoms. The molecule has 0 aliphatic heterocycles. The van der Waals surface area contributed by atoms with E-state index < -0.39 is 5.97 Å². The summed E-state index contributed by atoms with van der Waals surface area (Å²) in [7, 11) is 0. The number of rotatable bonds is 2. The van der Waals surface area contributed by atoms with Crippen molar-refractivity contribution >= 4 is 28.9 Å². The van der Waals surface area contributed by atoms with Gasteiger partial charge in [0.1, 0.15) is 0 Å². The molecule has 0 radical (unpaired) electrons. The highest BCUT2D eigenvalue weighted by atomic mass is 35.5. The number of thiophene rings is 1. The standard InChI is InChI=1S/C10H6ClNO2S/c11-8-4-3-7(15-8)6-2-1-5-12-9(6)10(13)14/h1-5H,(H,13,14). The van der Waals surface area contributed by atoms with Gasteiger partial charge in [0.05, 0.1) is 4.34 Å². The van der Waals surface area contributed by atoms with E-state index in [0.29, 0.717) is 9.90 Å². The van der Waals surface area contributed by atoms with Crippen LogP contribution in [-0.2, 0) is 0 Å². The van der Waals surface area contributed by atoms with Crippen LogP contribution in [0.5, 0.6) is 0 Å². The number of carboxylic acids is 1. The van der Waals surface area contributed by atoms with Crippen LogP contribution in [0.25, 0.3) is 10.4 Å². The van der Waals surface area contributed by atoms with E-state index in [9.17, 15) is 4.79 Å². The molecule has 2 heterocycles. The average molecular weight is 240 g/mol. The largest absolute Gasteiger partial charge is 0.476 e. The molecule has 1 N–H and O–H groups in total. The smallest absolute Gasteiger partial charge is 0.355 e. The van der Waals surface area contributed by atoms with E-state index in [0.717, 1.165) is 4.88 Å². The first-order valence-electron chi connectivity index (χ1n) is 4.12. The second kappa shape index (κ2) is 4.00. The van der Waals surface area contributed by atoms with Crippen LogP contribution < -0.4 is 0 Å². The zero-order chi connectivity index (χ0) is 10.8. The third-order valence-corrected chi connectivity index (χ3v) is 3.11. The van der Waals surface area contributed by atoms with Gasteiger partial charge in [-0.2, -0.15) is 0 Å². The maximum Gasteiger partial charge on any atom is 0.355 e. The van der Waals surface area contributed by atoms with Gasteiger partial charge in [-0.1, -0.05) is 11.6 Å². The lowest BCUT2D eigenvalue weighted by molar-refractivity contribution is 0.0691. The van der Waals surface area contributed by atoms with Gasteiger partial charge >= 0.3 is 5.97 Å². The van der Waals surface area contributed by atoms with Crippen LogP contribution in [0.3, 0.4) is 0 Å². The molecule has 0 unspecified atom stereocenters. The van der Waals surface area contributed by atoms with Gasteiger partial charge in [0.15, 0.2) is 5.69 Å². The monoisotopic (exact) mass is 239 g/mol. The molecule has 0 saturated carbocycles. The van der Waals surface area contributed by atoms with Crippen LogP contribution in [0.15, 0.2) is 30.5 Å². The highest BCUT2D eigenvalue weighted by Gasteiger charge is 2.13. The van der Waals surface area contributed by atoms with Crippen LogP contribution in [0.2, 0.25) is 4.34 Å². The summed E-state index contributed by atoms with van der Waals surface area (Å²) in [5.74, 6) is -1.03. The Bertz CT molecular complexity index is 510. The lowest BCUT2D eigenvalue weighted by atomic mass is 10.1. The summed E-state index contributed by atoms with van der Waals surface area (Å²) in [6.07, 6.45) is 1.46. The highest BCUT2D eigenvalue weighted by Crippen LogP contribution is 2.32. The van der Waals surface area contributed by atoms with Crippen LogP contribution in [0.4, 0.5) is 0 Å². The second-order valence-corrected chi connectivity index (χ2v) is 4.52. The van der Waals surface area contributed by atoms with Crippen molar-refractivity contribution in [3.8, 4) is 10.4 Å². The number of hydrogen-bond acceptors (Lipinski definition) is 3. The predicted molar refractivity (Wildman–Crippen MR) is 59.5 cm³/mol. The van der Waals surface area contributed by atoms with Crippen molar-refractivity contribution in [3.63, 3.8) is 0 Å².